The van der Waals surface area contributed by atoms with Gasteiger partial charge in [0.05, 0.1) is 22.9 Å². The lowest BCUT2D eigenvalue weighted by molar-refractivity contribution is 0.464. The minimum absolute atomic E-state index is 0.503. The molecule has 0 radical (unpaired) electrons. The molecule has 0 atom stereocenters. The Morgan fingerprint density at radius 1 is 0.481 bits per heavy atom. The molecule has 0 saturated heterocycles. The first-order valence-electron chi connectivity index (χ1n) is 17.3. The van der Waals surface area contributed by atoms with Gasteiger partial charge in [-0.25, -0.2) is 4.98 Å². The molecule has 0 aliphatic carbocycles. The van der Waals surface area contributed by atoms with Gasteiger partial charge in [0.2, 0.25) is 5.88 Å². The summed E-state index contributed by atoms with van der Waals surface area (Å²) in [7, 11) is 0. The molecule has 3 aromatic heterocycles. The Hall–Kier alpha value is -7.11. The second-order valence-corrected chi connectivity index (χ2v) is 12.9. The van der Waals surface area contributed by atoms with Crippen LogP contribution in [0.25, 0.3) is 82.7 Å². The summed E-state index contributed by atoms with van der Waals surface area (Å²) in [5.74, 6) is 1.17. The first-order chi connectivity index (χ1) is 25.8. The van der Waals surface area contributed by atoms with Crippen LogP contribution in [0, 0.1) is 0 Å². The summed E-state index contributed by atoms with van der Waals surface area (Å²) in [6.07, 6.45) is 1.80. The third kappa shape index (κ3) is 5.15. The van der Waals surface area contributed by atoms with Crippen molar-refractivity contribution in [1.29, 1.82) is 0 Å². The lowest BCUT2D eigenvalue weighted by atomic mass is 9.99. The van der Waals surface area contributed by atoms with Gasteiger partial charge in [0.15, 0.2) is 0 Å². The van der Waals surface area contributed by atoms with Crippen molar-refractivity contribution >= 4 is 43.4 Å². The normalized spacial score (nSPS) is 11.5. The van der Waals surface area contributed by atoms with Crippen LogP contribution in [0.2, 0.25) is 0 Å². The molecule has 0 amide bonds. The number of nitrogens with zero attached hydrogens (tertiary/aromatic N) is 4. The fourth-order valence-electron chi connectivity index (χ4n) is 7.38. The van der Waals surface area contributed by atoms with E-state index in [1.807, 2.05) is 48.5 Å². The van der Waals surface area contributed by atoms with Gasteiger partial charge in [0, 0.05) is 44.4 Å². The van der Waals surface area contributed by atoms with E-state index in [0.717, 1.165) is 61.1 Å². The molecule has 10 rings (SSSR count). The second kappa shape index (κ2) is 12.3. The zero-order chi connectivity index (χ0) is 34.4. The van der Waals surface area contributed by atoms with Gasteiger partial charge in [-0.15, -0.1) is 5.10 Å². The van der Waals surface area contributed by atoms with Crippen LogP contribution in [0.1, 0.15) is 0 Å². The van der Waals surface area contributed by atoms with E-state index < -0.39 is 0 Å². The lowest BCUT2D eigenvalue weighted by Crippen LogP contribution is -1.97. The number of benzene rings is 7. The van der Waals surface area contributed by atoms with Gasteiger partial charge in [0.25, 0.3) is 0 Å². The van der Waals surface area contributed by atoms with Gasteiger partial charge in [-0.1, -0.05) is 121 Å². The molecule has 0 fully saturated rings. The average Bonchev–Trinajstić information content (AvgIpc) is 3.53. The minimum atomic E-state index is 0.503. The van der Waals surface area contributed by atoms with Crippen molar-refractivity contribution in [3.63, 3.8) is 0 Å². The maximum absolute atomic E-state index is 6.65. The molecule has 0 aliphatic heterocycles. The van der Waals surface area contributed by atoms with Gasteiger partial charge < -0.3 is 9.30 Å². The first-order valence-corrected chi connectivity index (χ1v) is 17.3. The van der Waals surface area contributed by atoms with Crippen molar-refractivity contribution in [2.24, 2.45) is 0 Å². The third-order valence-electron chi connectivity index (χ3n) is 9.75. The van der Waals surface area contributed by atoms with Crippen molar-refractivity contribution in [1.82, 2.24) is 19.7 Å². The molecule has 0 bridgehead atoms. The van der Waals surface area contributed by atoms with Crippen LogP contribution in [0.3, 0.4) is 0 Å². The van der Waals surface area contributed by atoms with E-state index in [1.54, 1.807) is 6.20 Å². The van der Waals surface area contributed by atoms with Crippen LogP contribution < -0.4 is 4.74 Å². The predicted octanol–water partition coefficient (Wildman–Crippen LogP) is 12.1. The van der Waals surface area contributed by atoms with Crippen LogP contribution >= 0.6 is 0 Å². The highest BCUT2D eigenvalue weighted by Gasteiger charge is 2.19. The van der Waals surface area contributed by atoms with Gasteiger partial charge in [0.1, 0.15) is 11.4 Å². The molecular weight excluding hydrogens is 637 g/mol. The van der Waals surface area contributed by atoms with Crippen molar-refractivity contribution in [2.75, 3.05) is 0 Å². The van der Waals surface area contributed by atoms with Crippen molar-refractivity contribution in [3.8, 4) is 51.0 Å². The molecule has 244 valence electrons. The third-order valence-corrected chi connectivity index (χ3v) is 9.75. The van der Waals surface area contributed by atoms with Crippen LogP contribution in [0.4, 0.5) is 0 Å². The maximum atomic E-state index is 6.65. The minimum Gasteiger partial charge on any atom is -0.439 e. The highest BCUT2D eigenvalue weighted by atomic mass is 16.5. The Morgan fingerprint density at radius 3 is 2.02 bits per heavy atom. The number of para-hydroxylation sites is 2. The van der Waals surface area contributed by atoms with Gasteiger partial charge in [-0.05, 0) is 70.4 Å². The van der Waals surface area contributed by atoms with Crippen molar-refractivity contribution < 1.29 is 4.74 Å². The SMILES string of the molecule is c1ccc(-c2cc(Oc3cccc(-c4cccc5c6cc7ccccc7cc6n(-c6ccccc6)c45)n3)cc(-c3nncc4ccccc34)c2)cc1. The molecule has 3 heterocycles. The molecule has 5 nitrogen and oxygen atoms in total. The molecule has 0 spiro atoms. The Kier molecular flexibility index (Phi) is 7.07. The van der Waals surface area contributed by atoms with Gasteiger partial charge in [-0.2, -0.15) is 5.10 Å². The zero-order valence-electron chi connectivity index (χ0n) is 28.0. The number of pyridine rings is 1. The Morgan fingerprint density at radius 2 is 1.17 bits per heavy atom. The monoisotopic (exact) mass is 666 g/mol. The zero-order valence-corrected chi connectivity index (χ0v) is 28.0. The largest absolute Gasteiger partial charge is 0.439 e. The average molecular weight is 667 g/mol. The van der Waals surface area contributed by atoms with E-state index in [0.29, 0.717) is 11.6 Å². The number of hydrogen-bond acceptors (Lipinski definition) is 4. The molecule has 10 aromatic rings. The molecule has 52 heavy (non-hydrogen) atoms. The fourth-order valence-corrected chi connectivity index (χ4v) is 7.38. The number of ether oxygens (including phenoxy) is 1. The molecule has 0 saturated carbocycles. The number of hydrogen-bond donors (Lipinski definition) is 0. The maximum Gasteiger partial charge on any atom is 0.219 e. The summed E-state index contributed by atoms with van der Waals surface area (Å²) in [6.45, 7) is 0. The summed E-state index contributed by atoms with van der Waals surface area (Å²) < 4.78 is 9.01. The Balaban J connectivity index is 1.13. The highest BCUT2D eigenvalue weighted by Crippen LogP contribution is 2.40. The number of rotatable bonds is 6. The predicted molar refractivity (Wildman–Crippen MR) is 212 cm³/mol. The van der Waals surface area contributed by atoms with E-state index in [9.17, 15) is 0 Å². The molecular formula is C47H30N4O. The lowest BCUT2D eigenvalue weighted by Gasteiger charge is -2.14. The first kappa shape index (κ1) is 29.8. The topological polar surface area (TPSA) is 52.8 Å². The molecule has 7 aromatic carbocycles. The van der Waals surface area contributed by atoms with Crippen molar-refractivity contribution in [2.45, 2.75) is 0 Å². The van der Waals surface area contributed by atoms with Crippen LogP contribution in [-0.2, 0) is 0 Å². The van der Waals surface area contributed by atoms with Crippen LogP contribution in [0.5, 0.6) is 11.6 Å². The molecule has 5 heteroatoms. The highest BCUT2D eigenvalue weighted by molar-refractivity contribution is 6.16. The van der Waals surface area contributed by atoms with Crippen LogP contribution in [-0.4, -0.2) is 19.7 Å². The summed E-state index contributed by atoms with van der Waals surface area (Å²) >= 11 is 0. The van der Waals surface area contributed by atoms with E-state index >= 15 is 0 Å². The fraction of sp³-hybridized carbons (Fsp3) is 0. The standard InChI is InChI=1S/C47H30N4O/c1-3-13-31(14-4-1)35-25-36(46-39-20-10-9-17-34(39)30-48-50-46)27-38(26-35)52-45-24-12-23-43(49-45)41-22-11-21-40-42-28-32-15-7-8-16-33(32)29-44(42)51(47(40)41)37-18-5-2-6-19-37/h1-30H. The quantitative estimate of drug-likeness (QED) is 0.177. The Bertz CT molecular complexity index is 2930. The molecule has 0 aliphatic rings. The smallest absolute Gasteiger partial charge is 0.219 e. The van der Waals surface area contributed by atoms with Crippen LogP contribution in [0.15, 0.2) is 182 Å². The summed E-state index contributed by atoms with van der Waals surface area (Å²) in [5, 5.41) is 15.8. The van der Waals surface area contributed by atoms with E-state index in [4.69, 9.17) is 9.72 Å². The van der Waals surface area contributed by atoms with Gasteiger partial charge >= 0.3 is 0 Å². The molecule has 0 N–H and O–H groups in total. The van der Waals surface area contributed by atoms with E-state index in [2.05, 4.69) is 142 Å². The Labute approximate surface area is 300 Å². The van der Waals surface area contributed by atoms with E-state index in [-0.39, 0.29) is 0 Å². The second-order valence-electron chi connectivity index (χ2n) is 12.9. The summed E-state index contributed by atoms with van der Waals surface area (Å²) in [5.41, 5.74) is 9.02. The van der Waals surface area contributed by atoms with E-state index in [1.165, 1.54) is 21.5 Å². The summed E-state index contributed by atoms with van der Waals surface area (Å²) in [6, 6.07) is 60.9. The number of fused-ring (bicyclic) bond motifs is 5. The van der Waals surface area contributed by atoms with Gasteiger partial charge in [-0.3, -0.25) is 0 Å². The molecule has 0 unspecified atom stereocenters. The summed E-state index contributed by atoms with van der Waals surface area (Å²) in [4.78, 5) is 5.14. The van der Waals surface area contributed by atoms with Crippen molar-refractivity contribution in [3.05, 3.63) is 182 Å². The number of aromatic nitrogens is 4.